The molecule has 0 atom stereocenters. The maximum absolute atomic E-state index is 11.5. The highest BCUT2D eigenvalue weighted by atomic mass is 16.1. The molecule has 1 heterocycles. The first-order chi connectivity index (χ1) is 8.49. The molecule has 1 amide bonds. The number of nitrogens with one attached hydrogen (secondary N) is 1. The lowest BCUT2D eigenvalue weighted by atomic mass is 10.0. The standard InChI is InChI=1S/C11H14N6O/c1-5-2-3-6-7(4-15-9(6)18)8(5)16-11(14)17-10(12)13/h2-3H,4H2,1H3,(H,15,18)(H6,12,13,14,16,17). The fourth-order valence-electron chi connectivity index (χ4n) is 1.84. The van der Waals surface area contributed by atoms with Crippen molar-refractivity contribution in [2.24, 2.45) is 27.2 Å². The number of nitrogens with two attached hydrogens (primary N) is 3. The third kappa shape index (κ3) is 2.10. The molecule has 0 unspecified atom stereocenters. The molecule has 0 saturated carbocycles. The van der Waals surface area contributed by atoms with Gasteiger partial charge in [-0.25, -0.2) is 4.99 Å². The number of fused-ring (bicyclic) bond motifs is 1. The smallest absolute Gasteiger partial charge is 0.251 e. The first kappa shape index (κ1) is 11.9. The van der Waals surface area contributed by atoms with Gasteiger partial charge in [-0.3, -0.25) is 4.79 Å². The number of nitrogens with zero attached hydrogens (tertiary/aromatic N) is 2. The quantitative estimate of drug-likeness (QED) is 0.391. The molecule has 1 aromatic carbocycles. The molecule has 0 aliphatic carbocycles. The number of hydrogen-bond donors (Lipinski definition) is 4. The molecule has 7 N–H and O–H groups in total. The van der Waals surface area contributed by atoms with Gasteiger partial charge < -0.3 is 22.5 Å². The van der Waals surface area contributed by atoms with Crippen LogP contribution in [-0.2, 0) is 6.54 Å². The SMILES string of the molecule is Cc1ccc2c(c1N=C(N)N=C(N)N)CNC2=O. The Bertz CT molecular complexity index is 571. The normalized spacial score (nSPS) is 14.1. The van der Waals surface area contributed by atoms with E-state index in [0.29, 0.717) is 17.8 Å². The van der Waals surface area contributed by atoms with Crippen LogP contribution in [0, 0.1) is 6.92 Å². The van der Waals surface area contributed by atoms with Crippen LogP contribution < -0.4 is 22.5 Å². The summed E-state index contributed by atoms with van der Waals surface area (Å²) in [6.45, 7) is 2.31. The van der Waals surface area contributed by atoms with Gasteiger partial charge in [0.05, 0.1) is 5.69 Å². The molecular weight excluding hydrogens is 232 g/mol. The second-order valence-corrected chi connectivity index (χ2v) is 3.95. The van der Waals surface area contributed by atoms with Gasteiger partial charge >= 0.3 is 0 Å². The van der Waals surface area contributed by atoms with E-state index in [2.05, 4.69) is 15.3 Å². The highest BCUT2D eigenvalue weighted by molar-refractivity contribution is 6.01. The highest BCUT2D eigenvalue weighted by Gasteiger charge is 2.22. The van der Waals surface area contributed by atoms with Crippen LogP contribution in [0.3, 0.4) is 0 Å². The minimum Gasteiger partial charge on any atom is -0.370 e. The van der Waals surface area contributed by atoms with Gasteiger partial charge in [0.15, 0.2) is 5.96 Å². The van der Waals surface area contributed by atoms with E-state index >= 15 is 0 Å². The van der Waals surface area contributed by atoms with Gasteiger partial charge in [-0.15, -0.1) is 0 Å². The maximum Gasteiger partial charge on any atom is 0.251 e. The van der Waals surface area contributed by atoms with Crippen LogP contribution in [0.5, 0.6) is 0 Å². The number of aryl methyl sites for hydroxylation is 1. The van der Waals surface area contributed by atoms with E-state index in [4.69, 9.17) is 17.2 Å². The molecule has 0 saturated heterocycles. The van der Waals surface area contributed by atoms with Crippen LogP contribution in [0.4, 0.5) is 5.69 Å². The van der Waals surface area contributed by atoms with Crippen molar-refractivity contribution in [3.05, 3.63) is 28.8 Å². The van der Waals surface area contributed by atoms with Gasteiger partial charge in [0.1, 0.15) is 0 Å². The largest absolute Gasteiger partial charge is 0.370 e. The summed E-state index contributed by atoms with van der Waals surface area (Å²) in [7, 11) is 0. The molecule has 7 nitrogen and oxygen atoms in total. The van der Waals surface area contributed by atoms with Crippen LogP contribution in [0.25, 0.3) is 0 Å². The van der Waals surface area contributed by atoms with Crippen LogP contribution in [0.1, 0.15) is 21.5 Å². The summed E-state index contributed by atoms with van der Waals surface area (Å²) in [5.41, 5.74) is 19.0. The average Bonchev–Trinajstić information content (AvgIpc) is 2.64. The Hall–Kier alpha value is -2.57. The Labute approximate surface area is 104 Å². The molecule has 1 aliphatic rings. The lowest BCUT2D eigenvalue weighted by Gasteiger charge is -2.06. The third-order valence-electron chi connectivity index (χ3n) is 2.62. The van der Waals surface area contributed by atoms with Gasteiger partial charge in [0.2, 0.25) is 5.96 Å². The third-order valence-corrected chi connectivity index (χ3v) is 2.62. The number of aliphatic imine (C=N–C) groups is 2. The number of rotatable bonds is 1. The number of benzene rings is 1. The second-order valence-electron chi connectivity index (χ2n) is 3.95. The zero-order valence-electron chi connectivity index (χ0n) is 9.90. The van der Waals surface area contributed by atoms with Crippen LogP contribution in [0.15, 0.2) is 22.1 Å². The van der Waals surface area contributed by atoms with E-state index in [1.54, 1.807) is 6.07 Å². The van der Waals surface area contributed by atoms with Crippen molar-refractivity contribution in [2.45, 2.75) is 13.5 Å². The van der Waals surface area contributed by atoms with E-state index in [9.17, 15) is 4.79 Å². The lowest BCUT2D eigenvalue weighted by molar-refractivity contribution is 0.0966. The lowest BCUT2D eigenvalue weighted by Crippen LogP contribution is -2.26. The zero-order valence-corrected chi connectivity index (χ0v) is 9.90. The van der Waals surface area contributed by atoms with E-state index in [1.165, 1.54) is 0 Å². The van der Waals surface area contributed by atoms with E-state index in [0.717, 1.165) is 11.1 Å². The van der Waals surface area contributed by atoms with Gasteiger partial charge in [-0.2, -0.15) is 4.99 Å². The molecule has 0 spiro atoms. The van der Waals surface area contributed by atoms with Crippen molar-refractivity contribution < 1.29 is 4.79 Å². The molecule has 7 heteroatoms. The van der Waals surface area contributed by atoms with Crippen LogP contribution in [0.2, 0.25) is 0 Å². The van der Waals surface area contributed by atoms with E-state index < -0.39 is 0 Å². The summed E-state index contributed by atoms with van der Waals surface area (Å²) in [6, 6.07) is 3.58. The maximum atomic E-state index is 11.5. The Kier molecular flexibility index (Phi) is 2.88. The fourth-order valence-corrected chi connectivity index (χ4v) is 1.84. The predicted molar refractivity (Wildman–Crippen MR) is 69.4 cm³/mol. The highest BCUT2D eigenvalue weighted by Crippen LogP contribution is 2.30. The number of carbonyl (C=O) groups is 1. The molecule has 0 radical (unpaired) electrons. The van der Waals surface area contributed by atoms with Crippen molar-refractivity contribution >= 4 is 23.5 Å². The Morgan fingerprint density at radius 3 is 2.72 bits per heavy atom. The molecule has 0 aromatic heterocycles. The number of hydrogen-bond acceptors (Lipinski definition) is 2. The van der Waals surface area contributed by atoms with Crippen molar-refractivity contribution in [2.75, 3.05) is 0 Å². The summed E-state index contributed by atoms with van der Waals surface area (Å²) in [5, 5.41) is 2.73. The molecule has 0 bridgehead atoms. The summed E-state index contributed by atoms with van der Waals surface area (Å²) in [5.74, 6) is -0.302. The van der Waals surface area contributed by atoms with Crippen molar-refractivity contribution in [3.8, 4) is 0 Å². The summed E-state index contributed by atoms with van der Waals surface area (Å²) < 4.78 is 0. The zero-order chi connectivity index (χ0) is 13.3. The van der Waals surface area contributed by atoms with Crippen molar-refractivity contribution in [3.63, 3.8) is 0 Å². The van der Waals surface area contributed by atoms with Gasteiger partial charge in [-0.1, -0.05) is 6.07 Å². The first-order valence-corrected chi connectivity index (χ1v) is 5.33. The Morgan fingerprint density at radius 1 is 1.33 bits per heavy atom. The van der Waals surface area contributed by atoms with Gasteiger partial charge in [0.25, 0.3) is 5.91 Å². The topological polar surface area (TPSA) is 132 Å². The van der Waals surface area contributed by atoms with Crippen LogP contribution >= 0.6 is 0 Å². The Morgan fingerprint density at radius 2 is 2.06 bits per heavy atom. The average molecular weight is 246 g/mol. The Balaban J connectivity index is 2.52. The second kappa shape index (κ2) is 4.36. The molecule has 1 aromatic rings. The molecule has 1 aliphatic heterocycles. The molecule has 2 rings (SSSR count). The van der Waals surface area contributed by atoms with Crippen LogP contribution in [-0.4, -0.2) is 17.8 Å². The summed E-state index contributed by atoms with van der Waals surface area (Å²) >= 11 is 0. The monoisotopic (exact) mass is 246 g/mol. The van der Waals surface area contributed by atoms with Crippen molar-refractivity contribution in [1.29, 1.82) is 0 Å². The summed E-state index contributed by atoms with van der Waals surface area (Å²) in [6.07, 6.45) is 0. The van der Waals surface area contributed by atoms with E-state index in [1.807, 2.05) is 13.0 Å². The predicted octanol–water partition coefficient (Wildman–Crippen LogP) is -0.542. The first-order valence-electron chi connectivity index (χ1n) is 5.33. The van der Waals surface area contributed by atoms with Gasteiger partial charge in [-0.05, 0) is 18.6 Å². The van der Waals surface area contributed by atoms with Crippen molar-refractivity contribution in [1.82, 2.24) is 5.32 Å². The minimum absolute atomic E-state index is 0.0363. The molecule has 0 fully saturated rings. The number of guanidine groups is 2. The number of amides is 1. The van der Waals surface area contributed by atoms with E-state index in [-0.39, 0.29) is 17.8 Å². The minimum atomic E-state index is -0.157. The van der Waals surface area contributed by atoms with Gasteiger partial charge in [0, 0.05) is 17.7 Å². The fraction of sp³-hybridized carbons (Fsp3) is 0.182. The number of carbonyl (C=O) groups excluding carboxylic acids is 1. The molecule has 18 heavy (non-hydrogen) atoms. The summed E-state index contributed by atoms with van der Waals surface area (Å²) in [4.78, 5) is 19.3. The molecule has 94 valence electrons. The molecular formula is C11H14N6O.